The van der Waals surface area contributed by atoms with Crippen molar-refractivity contribution in [2.24, 2.45) is 0 Å². The Morgan fingerprint density at radius 1 is 1.03 bits per heavy atom. The molecule has 0 N–H and O–H groups in total. The van der Waals surface area contributed by atoms with Crippen LogP contribution < -0.4 is 9.47 Å². The second kappa shape index (κ2) is 7.84. The maximum Gasteiger partial charge on any atom is 0.343 e. The van der Waals surface area contributed by atoms with Crippen molar-refractivity contribution in [1.82, 2.24) is 10.2 Å². The summed E-state index contributed by atoms with van der Waals surface area (Å²) in [4.78, 5) is 12.8. The van der Waals surface area contributed by atoms with Crippen molar-refractivity contribution in [3.8, 4) is 17.4 Å². The van der Waals surface area contributed by atoms with Gasteiger partial charge in [0.1, 0.15) is 5.75 Å². The summed E-state index contributed by atoms with van der Waals surface area (Å²) in [5.74, 6) is 0.985. The third-order valence-corrected chi connectivity index (χ3v) is 5.16. The van der Waals surface area contributed by atoms with Crippen LogP contribution in [0, 0.1) is 20.8 Å². The van der Waals surface area contributed by atoms with Gasteiger partial charge in [-0.1, -0.05) is 47.5 Å². The van der Waals surface area contributed by atoms with E-state index in [0.717, 1.165) is 40.8 Å². The summed E-state index contributed by atoms with van der Waals surface area (Å²) in [6.45, 7) is 5.76. The topological polar surface area (TPSA) is 61.3 Å². The van der Waals surface area contributed by atoms with Crippen molar-refractivity contribution in [3.05, 3.63) is 75.4 Å². The van der Waals surface area contributed by atoms with Gasteiger partial charge in [-0.25, -0.2) is 4.79 Å². The second-order valence-electron chi connectivity index (χ2n) is 7.41. The van der Waals surface area contributed by atoms with Gasteiger partial charge in [0.2, 0.25) is 0 Å². The summed E-state index contributed by atoms with van der Waals surface area (Å²) in [7, 11) is 0. The molecule has 3 aromatic rings. The molecular weight excluding hydrogens is 388 g/mol. The maximum absolute atomic E-state index is 12.8. The highest BCUT2D eigenvalue weighted by molar-refractivity contribution is 6.29. The van der Waals surface area contributed by atoms with Crippen LogP contribution in [0.15, 0.2) is 42.5 Å². The van der Waals surface area contributed by atoms with Crippen LogP contribution in [-0.4, -0.2) is 16.2 Å². The Hall–Kier alpha value is -2.92. The zero-order valence-electron chi connectivity index (χ0n) is 16.5. The number of para-hydroxylation sites is 1. The zero-order valence-corrected chi connectivity index (χ0v) is 17.3. The Labute approximate surface area is 174 Å². The van der Waals surface area contributed by atoms with E-state index in [1.807, 2.05) is 45.0 Å². The molecule has 6 heteroatoms. The molecule has 148 valence electrons. The predicted molar refractivity (Wildman–Crippen MR) is 111 cm³/mol. The van der Waals surface area contributed by atoms with Gasteiger partial charge in [0.05, 0.1) is 5.56 Å². The van der Waals surface area contributed by atoms with Crippen LogP contribution in [0.3, 0.4) is 0 Å². The molecule has 0 bridgehead atoms. The molecule has 0 atom stereocenters. The summed E-state index contributed by atoms with van der Waals surface area (Å²) in [5, 5.41) is 8.03. The summed E-state index contributed by atoms with van der Waals surface area (Å²) in [6.07, 6.45) is 2.28. The summed E-state index contributed by atoms with van der Waals surface area (Å²) in [5.41, 5.74) is 4.40. The molecule has 1 aliphatic carbocycles. The SMILES string of the molecule is Cc1ccc(C)c(C(=O)Oc2cc(Cl)nnc2Oc2c(C)cccc2C2CC2)c1. The quantitative estimate of drug-likeness (QED) is 0.488. The van der Waals surface area contributed by atoms with Crippen molar-refractivity contribution in [2.75, 3.05) is 0 Å². The molecule has 1 aliphatic rings. The lowest BCUT2D eigenvalue weighted by atomic mass is 10.1. The molecule has 1 heterocycles. The standard InChI is InChI=1S/C23H21ClN2O3/c1-13-7-8-14(2)18(11-13)23(27)28-19-12-20(24)25-26-22(19)29-21-15(3)5-4-6-17(21)16-9-10-16/h4-8,11-12,16H,9-10H2,1-3H3. The van der Waals surface area contributed by atoms with E-state index in [1.54, 1.807) is 6.07 Å². The number of carbonyl (C=O) groups is 1. The molecule has 1 saturated carbocycles. The number of rotatable bonds is 5. The lowest BCUT2D eigenvalue weighted by molar-refractivity contribution is 0.0728. The number of benzene rings is 2. The Balaban J connectivity index is 1.67. The van der Waals surface area contributed by atoms with Crippen LogP contribution in [0.2, 0.25) is 5.15 Å². The van der Waals surface area contributed by atoms with Gasteiger partial charge in [-0.05, 0) is 62.3 Å². The van der Waals surface area contributed by atoms with Gasteiger partial charge in [-0.15, -0.1) is 10.2 Å². The maximum atomic E-state index is 12.8. The number of ether oxygens (including phenoxy) is 2. The number of aromatic nitrogens is 2. The fraction of sp³-hybridized carbons (Fsp3) is 0.261. The van der Waals surface area contributed by atoms with Gasteiger partial charge in [0.15, 0.2) is 10.9 Å². The lowest BCUT2D eigenvalue weighted by Gasteiger charge is -2.15. The van der Waals surface area contributed by atoms with Gasteiger partial charge < -0.3 is 9.47 Å². The number of hydrogen-bond donors (Lipinski definition) is 0. The third kappa shape index (κ3) is 4.25. The second-order valence-corrected chi connectivity index (χ2v) is 7.80. The highest BCUT2D eigenvalue weighted by Crippen LogP contribution is 2.46. The molecular formula is C23H21ClN2O3. The van der Waals surface area contributed by atoms with Crippen molar-refractivity contribution in [2.45, 2.75) is 39.5 Å². The normalized spacial score (nSPS) is 13.2. The highest BCUT2D eigenvalue weighted by atomic mass is 35.5. The Kier molecular flexibility index (Phi) is 5.24. The van der Waals surface area contributed by atoms with Crippen molar-refractivity contribution in [3.63, 3.8) is 0 Å². The van der Waals surface area contributed by atoms with Crippen LogP contribution in [0.25, 0.3) is 0 Å². The highest BCUT2D eigenvalue weighted by Gasteiger charge is 2.28. The largest absolute Gasteiger partial charge is 0.434 e. The van der Waals surface area contributed by atoms with Crippen LogP contribution >= 0.6 is 11.6 Å². The van der Waals surface area contributed by atoms with E-state index in [-0.39, 0.29) is 16.8 Å². The number of esters is 1. The summed E-state index contributed by atoms with van der Waals surface area (Å²) in [6, 6.07) is 13.1. The summed E-state index contributed by atoms with van der Waals surface area (Å²) >= 11 is 6.01. The van der Waals surface area contributed by atoms with Gasteiger partial charge in [0.25, 0.3) is 5.88 Å². The number of aryl methyl sites for hydroxylation is 3. The Bertz CT molecular complexity index is 1090. The van der Waals surface area contributed by atoms with E-state index in [4.69, 9.17) is 21.1 Å². The molecule has 0 unspecified atom stereocenters. The van der Waals surface area contributed by atoms with E-state index in [9.17, 15) is 4.79 Å². The fourth-order valence-electron chi connectivity index (χ4n) is 3.22. The van der Waals surface area contributed by atoms with E-state index in [0.29, 0.717) is 11.5 Å². The fourth-order valence-corrected chi connectivity index (χ4v) is 3.36. The average Bonchev–Trinajstić information content (AvgIpc) is 3.52. The monoisotopic (exact) mass is 408 g/mol. The molecule has 29 heavy (non-hydrogen) atoms. The Morgan fingerprint density at radius 2 is 1.83 bits per heavy atom. The van der Waals surface area contributed by atoms with Crippen molar-refractivity contribution >= 4 is 17.6 Å². The van der Waals surface area contributed by atoms with Crippen LogP contribution in [0.4, 0.5) is 0 Å². The third-order valence-electron chi connectivity index (χ3n) is 4.97. The Morgan fingerprint density at radius 3 is 2.59 bits per heavy atom. The van der Waals surface area contributed by atoms with Crippen LogP contribution in [0.5, 0.6) is 17.4 Å². The number of hydrogen-bond acceptors (Lipinski definition) is 5. The molecule has 0 spiro atoms. The molecule has 0 radical (unpaired) electrons. The minimum absolute atomic E-state index is 0.115. The number of halogens is 1. The minimum Gasteiger partial charge on any atom is -0.434 e. The average molecular weight is 409 g/mol. The van der Waals surface area contributed by atoms with Gasteiger partial charge in [-0.3, -0.25) is 0 Å². The van der Waals surface area contributed by atoms with Gasteiger partial charge in [-0.2, -0.15) is 0 Å². The minimum atomic E-state index is -0.493. The van der Waals surface area contributed by atoms with Gasteiger partial charge in [0, 0.05) is 6.07 Å². The van der Waals surface area contributed by atoms with E-state index < -0.39 is 5.97 Å². The van der Waals surface area contributed by atoms with Crippen molar-refractivity contribution < 1.29 is 14.3 Å². The molecule has 0 amide bonds. The van der Waals surface area contributed by atoms with Crippen molar-refractivity contribution in [1.29, 1.82) is 0 Å². The van der Waals surface area contributed by atoms with Gasteiger partial charge >= 0.3 is 5.97 Å². The molecule has 1 aromatic heterocycles. The smallest absolute Gasteiger partial charge is 0.343 e. The first-order chi connectivity index (χ1) is 13.9. The number of carbonyl (C=O) groups excluding carboxylic acids is 1. The van der Waals surface area contributed by atoms with Crippen LogP contribution in [0.1, 0.15) is 51.4 Å². The lowest BCUT2D eigenvalue weighted by Crippen LogP contribution is -2.12. The van der Waals surface area contributed by atoms with E-state index in [1.165, 1.54) is 6.07 Å². The molecule has 2 aromatic carbocycles. The first kappa shape index (κ1) is 19.4. The first-order valence-electron chi connectivity index (χ1n) is 9.52. The first-order valence-corrected chi connectivity index (χ1v) is 9.90. The molecule has 5 nitrogen and oxygen atoms in total. The zero-order chi connectivity index (χ0) is 20.5. The molecule has 4 rings (SSSR count). The van der Waals surface area contributed by atoms with Crippen LogP contribution in [-0.2, 0) is 0 Å². The molecule has 1 fully saturated rings. The number of nitrogens with zero attached hydrogens (tertiary/aromatic N) is 2. The molecule has 0 aliphatic heterocycles. The molecule has 0 saturated heterocycles. The van der Waals surface area contributed by atoms with E-state index >= 15 is 0 Å². The predicted octanol–water partition coefficient (Wildman–Crippen LogP) is 5.94. The van der Waals surface area contributed by atoms with E-state index in [2.05, 4.69) is 16.3 Å². The summed E-state index contributed by atoms with van der Waals surface area (Å²) < 4.78 is 11.7.